The van der Waals surface area contributed by atoms with E-state index in [2.05, 4.69) is 16.7 Å². The number of nitrogens with one attached hydrogen (secondary N) is 2. The van der Waals surface area contributed by atoms with E-state index < -0.39 is 18.0 Å². The predicted molar refractivity (Wildman–Crippen MR) is 108 cm³/mol. The zero-order valence-corrected chi connectivity index (χ0v) is 16.5. The number of amides is 2. The molecule has 150 valence electrons. The van der Waals surface area contributed by atoms with E-state index in [0.29, 0.717) is 6.54 Å². The van der Waals surface area contributed by atoms with Gasteiger partial charge in [0.2, 0.25) is 5.91 Å². The molecule has 0 aromatic heterocycles. The summed E-state index contributed by atoms with van der Waals surface area (Å²) < 4.78 is 5.24. The summed E-state index contributed by atoms with van der Waals surface area (Å²) >= 11 is 0. The molecule has 0 saturated carbocycles. The minimum atomic E-state index is -0.958. The van der Waals surface area contributed by atoms with Crippen LogP contribution in [0.5, 0.6) is 0 Å². The van der Waals surface area contributed by atoms with Crippen LogP contribution < -0.4 is 10.6 Å². The van der Waals surface area contributed by atoms with E-state index >= 15 is 0 Å². The van der Waals surface area contributed by atoms with Crippen LogP contribution in [0.4, 0.5) is 0 Å². The van der Waals surface area contributed by atoms with Crippen LogP contribution in [0.1, 0.15) is 51.5 Å². The lowest BCUT2D eigenvalue weighted by Gasteiger charge is -2.16. The fourth-order valence-corrected chi connectivity index (χ4v) is 2.95. The number of hydrogen-bond donors (Lipinski definition) is 2. The van der Waals surface area contributed by atoms with Crippen LogP contribution in [0.2, 0.25) is 0 Å². The lowest BCUT2D eigenvalue weighted by Crippen LogP contribution is -2.38. The fourth-order valence-electron chi connectivity index (χ4n) is 2.95. The van der Waals surface area contributed by atoms with Gasteiger partial charge in [-0.3, -0.25) is 9.59 Å². The molecule has 0 bridgehead atoms. The second-order valence-electron chi connectivity index (χ2n) is 6.85. The summed E-state index contributed by atoms with van der Waals surface area (Å²) in [5.41, 5.74) is 2.10. The zero-order chi connectivity index (χ0) is 20.4. The lowest BCUT2D eigenvalue weighted by atomic mass is 9.97. The Balaban J connectivity index is 1.89. The number of esters is 1. The minimum Gasteiger partial charge on any atom is -0.448 e. The largest absolute Gasteiger partial charge is 0.448 e. The average molecular weight is 384 g/mol. The quantitative estimate of drug-likeness (QED) is 0.410. The highest BCUT2D eigenvalue weighted by Gasteiger charge is 2.21. The van der Waals surface area contributed by atoms with Crippen LogP contribution in [-0.4, -0.2) is 30.4 Å². The Kier molecular flexibility index (Phi) is 8.46. The standard InChI is InChI=1S/C22H28N2O4/c1-16(21(26)23-14-13-18-9-5-3-6-10-18)28-22(27)20(24-17(2)25)15-19-11-7-4-8-12-19/h4,7-9,11-12,15-16H,3,5-6,10,13-14H2,1-2H3,(H,23,26)(H,24,25)/b20-15-/t16-/m1/s1. The van der Waals surface area contributed by atoms with E-state index in [-0.39, 0.29) is 11.6 Å². The number of ether oxygens (including phenoxy) is 1. The molecule has 0 fully saturated rings. The van der Waals surface area contributed by atoms with E-state index in [1.165, 1.54) is 38.3 Å². The molecule has 2 N–H and O–H groups in total. The van der Waals surface area contributed by atoms with Crippen molar-refractivity contribution >= 4 is 23.9 Å². The normalized spacial score (nSPS) is 15.2. The molecule has 0 heterocycles. The minimum absolute atomic E-state index is 0.00860. The van der Waals surface area contributed by atoms with Crippen molar-refractivity contribution in [3.63, 3.8) is 0 Å². The van der Waals surface area contributed by atoms with E-state index in [4.69, 9.17) is 4.74 Å². The summed E-state index contributed by atoms with van der Waals surface area (Å²) in [6.45, 7) is 3.34. The first-order valence-corrected chi connectivity index (χ1v) is 9.66. The molecule has 6 nitrogen and oxygen atoms in total. The van der Waals surface area contributed by atoms with Gasteiger partial charge in [-0.15, -0.1) is 0 Å². The van der Waals surface area contributed by atoms with Crippen LogP contribution in [0, 0.1) is 0 Å². The molecule has 1 aliphatic rings. The molecule has 2 rings (SSSR count). The molecule has 0 radical (unpaired) electrons. The summed E-state index contributed by atoms with van der Waals surface area (Å²) in [6.07, 6.45) is 8.25. The van der Waals surface area contributed by atoms with Gasteiger partial charge in [0, 0.05) is 13.5 Å². The molecule has 1 atom stereocenters. The Bertz CT molecular complexity index is 753. The van der Waals surface area contributed by atoms with Gasteiger partial charge in [-0.25, -0.2) is 4.79 Å². The number of hydrogen-bond acceptors (Lipinski definition) is 4. The maximum Gasteiger partial charge on any atom is 0.355 e. The van der Waals surface area contributed by atoms with E-state index in [1.54, 1.807) is 12.1 Å². The third-order valence-electron chi connectivity index (χ3n) is 4.42. The van der Waals surface area contributed by atoms with Gasteiger partial charge in [0.05, 0.1) is 0 Å². The molecule has 0 saturated heterocycles. The summed E-state index contributed by atoms with van der Waals surface area (Å²) in [7, 11) is 0. The Labute approximate surface area is 166 Å². The van der Waals surface area contributed by atoms with Crippen molar-refractivity contribution in [1.82, 2.24) is 10.6 Å². The molecule has 0 spiro atoms. The fraction of sp³-hybridized carbons (Fsp3) is 0.409. The molecule has 28 heavy (non-hydrogen) atoms. The highest BCUT2D eigenvalue weighted by atomic mass is 16.5. The third-order valence-corrected chi connectivity index (χ3v) is 4.42. The van der Waals surface area contributed by atoms with Crippen LogP contribution in [0.15, 0.2) is 47.7 Å². The summed E-state index contributed by atoms with van der Waals surface area (Å²) in [5, 5.41) is 5.27. The molecule has 6 heteroatoms. The lowest BCUT2D eigenvalue weighted by molar-refractivity contribution is -0.151. The van der Waals surface area contributed by atoms with Crippen molar-refractivity contribution in [2.45, 2.75) is 52.1 Å². The molecule has 1 aliphatic carbocycles. The van der Waals surface area contributed by atoms with Gasteiger partial charge < -0.3 is 15.4 Å². The number of carbonyl (C=O) groups is 3. The number of benzene rings is 1. The third kappa shape index (κ3) is 7.39. The Morgan fingerprint density at radius 2 is 1.93 bits per heavy atom. The van der Waals surface area contributed by atoms with Crippen LogP contribution >= 0.6 is 0 Å². The monoisotopic (exact) mass is 384 g/mol. The van der Waals surface area contributed by atoms with Crippen molar-refractivity contribution in [2.24, 2.45) is 0 Å². The first kappa shape index (κ1) is 21.4. The van der Waals surface area contributed by atoms with Gasteiger partial charge in [-0.2, -0.15) is 0 Å². The summed E-state index contributed by atoms with van der Waals surface area (Å²) in [4.78, 5) is 36.0. The van der Waals surface area contributed by atoms with Crippen molar-refractivity contribution in [3.8, 4) is 0 Å². The predicted octanol–water partition coefficient (Wildman–Crippen LogP) is 3.10. The highest BCUT2D eigenvalue weighted by molar-refractivity contribution is 5.98. The number of carbonyl (C=O) groups excluding carboxylic acids is 3. The SMILES string of the molecule is CC(=O)N/C(=C\c1ccccc1)C(=O)O[C@H](C)C(=O)NCCC1=CCCCC1. The van der Waals surface area contributed by atoms with Crippen molar-refractivity contribution in [1.29, 1.82) is 0 Å². The second-order valence-corrected chi connectivity index (χ2v) is 6.85. The average Bonchev–Trinajstić information content (AvgIpc) is 2.68. The van der Waals surface area contributed by atoms with Crippen LogP contribution in [-0.2, 0) is 19.1 Å². The van der Waals surface area contributed by atoms with Gasteiger partial charge >= 0.3 is 5.97 Å². The molecule has 1 aromatic rings. The van der Waals surface area contributed by atoms with Crippen molar-refractivity contribution < 1.29 is 19.1 Å². The molecular formula is C22H28N2O4. The maximum absolute atomic E-state index is 12.4. The Morgan fingerprint density at radius 1 is 1.18 bits per heavy atom. The molecular weight excluding hydrogens is 356 g/mol. The van der Waals surface area contributed by atoms with Crippen LogP contribution in [0.25, 0.3) is 6.08 Å². The summed E-state index contributed by atoms with van der Waals surface area (Å²) in [5.74, 6) is -1.50. The van der Waals surface area contributed by atoms with E-state index in [0.717, 1.165) is 24.8 Å². The topological polar surface area (TPSA) is 84.5 Å². The molecule has 2 amide bonds. The zero-order valence-electron chi connectivity index (χ0n) is 16.5. The number of rotatable bonds is 8. The van der Waals surface area contributed by atoms with Gasteiger partial charge in [-0.1, -0.05) is 42.0 Å². The maximum atomic E-state index is 12.4. The number of allylic oxidation sites excluding steroid dienone is 1. The van der Waals surface area contributed by atoms with E-state index in [9.17, 15) is 14.4 Å². The molecule has 0 unspecified atom stereocenters. The smallest absolute Gasteiger partial charge is 0.355 e. The second kappa shape index (κ2) is 11.1. The van der Waals surface area contributed by atoms with Gasteiger partial charge in [0.1, 0.15) is 5.70 Å². The van der Waals surface area contributed by atoms with Crippen LogP contribution in [0.3, 0.4) is 0 Å². The van der Waals surface area contributed by atoms with Gasteiger partial charge in [0.25, 0.3) is 5.91 Å². The Hall–Kier alpha value is -2.89. The highest BCUT2D eigenvalue weighted by Crippen LogP contribution is 2.19. The first-order chi connectivity index (χ1) is 13.5. The molecule has 0 aliphatic heterocycles. The Morgan fingerprint density at radius 3 is 2.57 bits per heavy atom. The molecule has 1 aromatic carbocycles. The van der Waals surface area contributed by atoms with Crippen molar-refractivity contribution in [2.75, 3.05) is 6.54 Å². The summed E-state index contributed by atoms with van der Waals surface area (Å²) in [6, 6.07) is 9.08. The van der Waals surface area contributed by atoms with Crippen molar-refractivity contribution in [3.05, 3.63) is 53.2 Å². The van der Waals surface area contributed by atoms with E-state index in [1.807, 2.05) is 18.2 Å². The first-order valence-electron chi connectivity index (χ1n) is 9.66. The van der Waals surface area contributed by atoms with Gasteiger partial charge in [-0.05, 0) is 50.7 Å². The van der Waals surface area contributed by atoms with Gasteiger partial charge in [0.15, 0.2) is 6.10 Å².